The van der Waals surface area contributed by atoms with Gasteiger partial charge in [0.1, 0.15) is 5.82 Å². The van der Waals surface area contributed by atoms with Crippen LogP contribution in [0, 0.1) is 0 Å². The van der Waals surface area contributed by atoms with Gasteiger partial charge in [-0.25, -0.2) is 4.98 Å². The smallest absolute Gasteiger partial charge is 0.145 e. The van der Waals surface area contributed by atoms with Crippen LogP contribution in [0.15, 0.2) is 41.0 Å². The second-order valence-electron chi connectivity index (χ2n) is 4.02. The van der Waals surface area contributed by atoms with E-state index in [2.05, 4.69) is 33.2 Å². The standard InChI is InChI=1S/C13H13BrClN3/c1-8(9-2-4-10(14)5-3-9)18-13-12(15)6-11(16)7-17-13/h2-8H,16H2,1H3,(H,17,18). The molecule has 2 aromatic rings. The Kier molecular flexibility index (Phi) is 4.09. The molecule has 94 valence electrons. The van der Waals surface area contributed by atoms with Crippen molar-refractivity contribution in [3.8, 4) is 0 Å². The molecule has 1 unspecified atom stereocenters. The van der Waals surface area contributed by atoms with Crippen molar-refractivity contribution >= 4 is 39.0 Å². The molecule has 5 heteroatoms. The average molecular weight is 327 g/mol. The fourth-order valence-corrected chi connectivity index (χ4v) is 2.09. The number of hydrogen-bond acceptors (Lipinski definition) is 3. The van der Waals surface area contributed by atoms with E-state index in [1.807, 2.05) is 24.3 Å². The highest BCUT2D eigenvalue weighted by atomic mass is 79.9. The number of halogens is 2. The number of hydrogen-bond donors (Lipinski definition) is 2. The van der Waals surface area contributed by atoms with Gasteiger partial charge in [0.05, 0.1) is 16.9 Å². The van der Waals surface area contributed by atoms with Gasteiger partial charge in [-0.05, 0) is 30.7 Å². The largest absolute Gasteiger partial charge is 0.397 e. The van der Waals surface area contributed by atoms with Gasteiger partial charge in [0.15, 0.2) is 0 Å². The molecule has 3 N–H and O–H groups in total. The van der Waals surface area contributed by atoms with Gasteiger partial charge in [-0.3, -0.25) is 0 Å². The maximum atomic E-state index is 6.07. The first kappa shape index (κ1) is 13.2. The van der Waals surface area contributed by atoms with Gasteiger partial charge < -0.3 is 11.1 Å². The average Bonchev–Trinajstić information content (AvgIpc) is 2.33. The van der Waals surface area contributed by atoms with Crippen molar-refractivity contribution < 1.29 is 0 Å². The highest BCUT2D eigenvalue weighted by Gasteiger charge is 2.08. The van der Waals surface area contributed by atoms with Gasteiger partial charge >= 0.3 is 0 Å². The van der Waals surface area contributed by atoms with Crippen molar-refractivity contribution in [2.24, 2.45) is 0 Å². The highest BCUT2D eigenvalue weighted by Crippen LogP contribution is 2.26. The number of pyridine rings is 1. The van der Waals surface area contributed by atoms with Crippen LogP contribution in [0.5, 0.6) is 0 Å². The zero-order chi connectivity index (χ0) is 13.1. The molecule has 0 amide bonds. The van der Waals surface area contributed by atoms with Gasteiger partial charge in [0.25, 0.3) is 0 Å². The Labute approximate surface area is 119 Å². The van der Waals surface area contributed by atoms with Crippen LogP contribution in [0.25, 0.3) is 0 Å². The molecule has 0 fully saturated rings. The van der Waals surface area contributed by atoms with E-state index in [-0.39, 0.29) is 6.04 Å². The second kappa shape index (κ2) is 5.59. The van der Waals surface area contributed by atoms with Gasteiger partial charge in [-0.2, -0.15) is 0 Å². The van der Waals surface area contributed by atoms with Crippen molar-refractivity contribution in [1.82, 2.24) is 4.98 Å². The predicted molar refractivity (Wildman–Crippen MR) is 79.8 cm³/mol. The zero-order valence-corrected chi connectivity index (χ0v) is 12.2. The Bertz CT molecular complexity index is 542. The summed E-state index contributed by atoms with van der Waals surface area (Å²) in [4.78, 5) is 4.18. The first-order valence-electron chi connectivity index (χ1n) is 5.49. The molecule has 1 heterocycles. The van der Waals surface area contributed by atoms with Gasteiger partial charge in [0.2, 0.25) is 0 Å². The highest BCUT2D eigenvalue weighted by molar-refractivity contribution is 9.10. The van der Waals surface area contributed by atoms with E-state index in [9.17, 15) is 0 Å². The van der Waals surface area contributed by atoms with Crippen LogP contribution in [-0.2, 0) is 0 Å². The monoisotopic (exact) mass is 325 g/mol. The molecule has 0 spiro atoms. The normalized spacial score (nSPS) is 12.2. The fourth-order valence-electron chi connectivity index (χ4n) is 1.60. The minimum Gasteiger partial charge on any atom is -0.397 e. The zero-order valence-electron chi connectivity index (χ0n) is 9.82. The summed E-state index contributed by atoms with van der Waals surface area (Å²) in [5.41, 5.74) is 7.32. The number of nitrogens with zero attached hydrogens (tertiary/aromatic N) is 1. The van der Waals surface area contributed by atoms with Crippen LogP contribution in [0.2, 0.25) is 5.02 Å². The summed E-state index contributed by atoms with van der Waals surface area (Å²) in [6.45, 7) is 2.05. The molecular formula is C13H13BrClN3. The molecule has 2 rings (SSSR count). The van der Waals surface area contributed by atoms with Crippen LogP contribution in [-0.4, -0.2) is 4.98 Å². The molecule has 0 aliphatic heterocycles. The molecule has 0 saturated heterocycles. The topological polar surface area (TPSA) is 50.9 Å². The molecule has 1 aromatic heterocycles. The number of benzene rings is 1. The van der Waals surface area contributed by atoms with Crippen molar-refractivity contribution in [3.05, 3.63) is 51.6 Å². The number of rotatable bonds is 3. The summed E-state index contributed by atoms with van der Waals surface area (Å²) >= 11 is 9.49. The summed E-state index contributed by atoms with van der Waals surface area (Å²) in [5, 5.41) is 3.79. The van der Waals surface area contributed by atoms with Crippen LogP contribution >= 0.6 is 27.5 Å². The van der Waals surface area contributed by atoms with Crippen molar-refractivity contribution in [1.29, 1.82) is 0 Å². The Morgan fingerprint density at radius 3 is 2.61 bits per heavy atom. The number of anilines is 2. The van der Waals surface area contributed by atoms with Gasteiger partial charge in [-0.15, -0.1) is 0 Å². The van der Waals surface area contributed by atoms with E-state index in [0.717, 1.165) is 10.0 Å². The summed E-state index contributed by atoms with van der Waals surface area (Å²) in [6.07, 6.45) is 1.59. The quantitative estimate of drug-likeness (QED) is 0.886. The molecule has 0 radical (unpaired) electrons. The maximum absolute atomic E-state index is 6.07. The molecule has 3 nitrogen and oxygen atoms in total. The minimum absolute atomic E-state index is 0.117. The lowest BCUT2D eigenvalue weighted by Crippen LogP contribution is -2.08. The lowest BCUT2D eigenvalue weighted by atomic mass is 10.1. The third kappa shape index (κ3) is 3.15. The van der Waals surface area contributed by atoms with Crippen LogP contribution < -0.4 is 11.1 Å². The number of nitrogen functional groups attached to an aromatic ring is 1. The molecule has 0 aliphatic carbocycles. The lowest BCUT2D eigenvalue weighted by molar-refractivity contribution is 0.874. The molecule has 0 aliphatic rings. The third-order valence-corrected chi connectivity index (χ3v) is 3.40. The van der Waals surface area contributed by atoms with E-state index in [0.29, 0.717) is 16.5 Å². The number of nitrogens with one attached hydrogen (secondary N) is 1. The number of aromatic nitrogens is 1. The molecule has 1 atom stereocenters. The SMILES string of the molecule is CC(Nc1ncc(N)cc1Cl)c1ccc(Br)cc1. The predicted octanol–water partition coefficient (Wildman–Crippen LogP) is 4.25. The maximum Gasteiger partial charge on any atom is 0.145 e. The summed E-state index contributed by atoms with van der Waals surface area (Å²) in [5.74, 6) is 0.640. The molecule has 1 aromatic carbocycles. The van der Waals surface area contributed by atoms with E-state index < -0.39 is 0 Å². The first-order chi connectivity index (χ1) is 8.56. The summed E-state index contributed by atoms with van der Waals surface area (Å²) in [6, 6.07) is 9.91. The minimum atomic E-state index is 0.117. The fraction of sp³-hybridized carbons (Fsp3) is 0.154. The lowest BCUT2D eigenvalue weighted by Gasteiger charge is -2.16. The second-order valence-corrected chi connectivity index (χ2v) is 5.34. The molecule has 0 saturated carbocycles. The molecule has 18 heavy (non-hydrogen) atoms. The number of nitrogens with two attached hydrogens (primary N) is 1. The summed E-state index contributed by atoms with van der Waals surface area (Å²) in [7, 11) is 0. The Balaban J connectivity index is 2.15. The Morgan fingerprint density at radius 1 is 1.33 bits per heavy atom. The van der Waals surface area contributed by atoms with Crippen LogP contribution in [0.1, 0.15) is 18.5 Å². The first-order valence-corrected chi connectivity index (χ1v) is 6.66. The van der Waals surface area contributed by atoms with Gasteiger partial charge in [0, 0.05) is 10.5 Å². The van der Waals surface area contributed by atoms with E-state index in [4.69, 9.17) is 17.3 Å². The van der Waals surface area contributed by atoms with Crippen LogP contribution in [0.4, 0.5) is 11.5 Å². The molecular weight excluding hydrogens is 314 g/mol. The van der Waals surface area contributed by atoms with E-state index >= 15 is 0 Å². The van der Waals surface area contributed by atoms with E-state index in [1.165, 1.54) is 0 Å². The van der Waals surface area contributed by atoms with Crippen molar-refractivity contribution in [2.75, 3.05) is 11.1 Å². The summed E-state index contributed by atoms with van der Waals surface area (Å²) < 4.78 is 1.06. The molecule has 0 bridgehead atoms. The Morgan fingerprint density at radius 2 is 2.00 bits per heavy atom. The van der Waals surface area contributed by atoms with Crippen molar-refractivity contribution in [3.63, 3.8) is 0 Å². The Hall–Kier alpha value is -1.26. The van der Waals surface area contributed by atoms with E-state index in [1.54, 1.807) is 12.3 Å². The third-order valence-electron chi connectivity index (χ3n) is 2.59. The van der Waals surface area contributed by atoms with Crippen LogP contribution in [0.3, 0.4) is 0 Å². The van der Waals surface area contributed by atoms with Crippen molar-refractivity contribution in [2.45, 2.75) is 13.0 Å². The van der Waals surface area contributed by atoms with Gasteiger partial charge in [-0.1, -0.05) is 39.7 Å².